The van der Waals surface area contributed by atoms with Gasteiger partial charge in [-0.3, -0.25) is 0 Å². The van der Waals surface area contributed by atoms with E-state index in [1.165, 1.54) is 29.0 Å². The second kappa shape index (κ2) is 4.92. The molecule has 3 heterocycles. The molecular formula is C13H19NOS2. The van der Waals surface area contributed by atoms with E-state index < -0.39 is 0 Å². The number of thioether (sulfide) groups is 1. The van der Waals surface area contributed by atoms with Crippen LogP contribution < -0.4 is 5.32 Å². The third kappa shape index (κ3) is 2.28. The molecule has 0 aliphatic carbocycles. The van der Waals surface area contributed by atoms with Crippen molar-refractivity contribution in [3.8, 4) is 0 Å². The summed E-state index contributed by atoms with van der Waals surface area (Å²) in [6, 6.07) is 2.71. The van der Waals surface area contributed by atoms with Gasteiger partial charge in [0.1, 0.15) is 0 Å². The molecule has 0 bridgehead atoms. The van der Waals surface area contributed by atoms with E-state index in [1.807, 2.05) is 23.1 Å². The number of thiophene rings is 1. The molecule has 0 saturated carbocycles. The van der Waals surface area contributed by atoms with Gasteiger partial charge in [-0.05, 0) is 42.5 Å². The summed E-state index contributed by atoms with van der Waals surface area (Å²) in [6.07, 6.45) is 2.48. The monoisotopic (exact) mass is 269 g/mol. The average Bonchev–Trinajstić information content (AvgIpc) is 2.77. The van der Waals surface area contributed by atoms with E-state index in [1.54, 1.807) is 0 Å². The average molecular weight is 269 g/mol. The molecule has 94 valence electrons. The number of hydrogen-bond donors (Lipinski definition) is 1. The molecule has 2 atom stereocenters. The van der Waals surface area contributed by atoms with Crippen LogP contribution in [-0.4, -0.2) is 30.3 Å². The van der Waals surface area contributed by atoms with Crippen molar-refractivity contribution in [1.82, 2.24) is 5.32 Å². The largest absolute Gasteiger partial charge is 0.371 e. The summed E-state index contributed by atoms with van der Waals surface area (Å²) in [4.78, 5) is 1.39. The van der Waals surface area contributed by atoms with Crippen LogP contribution in [0.15, 0.2) is 11.4 Å². The molecule has 17 heavy (non-hydrogen) atoms. The lowest BCUT2D eigenvalue weighted by molar-refractivity contribution is -0.0887. The molecular weight excluding hydrogens is 250 g/mol. The van der Waals surface area contributed by atoms with Crippen molar-refractivity contribution in [3.63, 3.8) is 0 Å². The molecule has 2 saturated heterocycles. The highest BCUT2D eigenvalue weighted by Crippen LogP contribution is 2.42. The van der Waals surface area contributed by atoms with Gasteiger partial charge in [-0.15, -0.1) is 11.3 Å². The molecule has 1 N–H and O–H groups in total. The Kier molecular flexibility index (Phi) is 3.48. The van der Waals surface area contributed by atoms with Crippen LogP contribution in [0.3, 0.4) is 0 Å². The molecule has 2 nitrogen and oxygen atoms in total. The van der Waals surface area contributed by atoms with Crippen LogP contribution in [0.2, 0.25) is 0 Å². The molecule has 1 aromatic rings. The Morgan fingerprint density at radius 2 is 2.47 bits per heavy atom. The maximum Gasteiger partial charge on any atom is 0.0967 e. The number of nitrogens with one attached hydrogen (secondary N) is 1. The molecule has 2 fully saturated rings. The fourth-order valence-corrected chi connectivity index (χ4v) is 4.86. The topological polar surface area (TPSA) is 21.3 Å². The van der Waals surface area contributed by atoms with Crippen LogP contribution in [0.5, 0.6) is 0 Å². The van der Waals surface area contributed by atoms with E-state index in [0.29, 0.717) is 6.04 Å². The molecule has 2 aliphatic heterocycles. The van der Waals surface area contributed by atoms with Gasteiger partial charge in [-0.25, -0.2) is 0 Å². The molecule has 3 rings (SSSR count). The van der Waals surface area contributed by atoms with Gasteiger partial charge in [0.15, 0.2) is 0 Å². The van der Waals surface area contributed by atoms with Crippen molar-refractivity contribution in [2.45, 2.75) is 31.4 Å². The first-order valence-corrected chi connectivity index (χ1v) is 8.34. The Morgan fingerprint density at radius 1 is 1.53 bits per heavy atom. The minimum absolute atomic E-state index is 0.0503. The standard InChI is InChI=1S/C13H19NOS2/c1-10-7-11(8-17-10)12-13(15-5-4-14-12)3-2-6-16-9-13/h7-8,12,14H,2-6,9H2,1H3. The summed E-state index contributed by atoms with van der Waals surface area (Å²) >= 11 is 3.89. The minimum Gasteiger partial charge on any atom is -0.371 e. The highest BCUT2D eigenvalue weighted by Gasteiger charge is 2.44. The van der Waals surface area contributed by atoms with Crippen molar-refractivity contribution < 1.29 is 4.74 Å². The van der Waals surface area contributed by atoms with E-state index in [0.717, 1.165) is 18.9 Å². The lowest BCUT2D eigenvalue weighted by atomic mass is 9.85. The summed E-state index contributed by atoms with van der Waals surface area (Å²) in [5.74, 6) is 2.43. The SMILES string of the molecule is Cc1cc(C2NCCOC23CCCSC3)cs1. The number of morpholine rings is 1. The van der Waals surface area contributed by atoms with Crippen LogP contribution in [0.25, 0.3) is 0 Å². The molecule has 0 radical (unpaired) electrons. The number of rotatable bonds is 1. The van der Waals surface area contributed by atoms with Gasteiger partial charge in [0, 0.05) is 17.2 Å². The van der Waals surface area contributed by atoms with Gasteiger partial charge in [0.05, 0.1) is 18.2 Å². The Labute approximate surface area is 111 Å². The first-order valence-electron chi connectivity index (χ1n) is 6.30. The predicted octanol–water partition coefficient (Wildman–Crippen LogP) is 2.98. The van der Waals surface area contributed by atoms with Crippen LogP contribution >= 0.6 is 23.1 Å². The van der Waals surface area contributed by atoms with Crippen molar-refractivity contribution >= 4 is 23.1 Å². The third-order valence-electron chi connectivity index (χ3n) is 3.69. The summed E-state index contributed by atoms with van der Waals surface area (Å²) in [7, 11) is 0. The molecule has 0 amide bonds. The number of hydrogen-bond acceptors (Lipinski definition) is 4. The molecule has 2 unspecified atom stereocenters. The second-order valence-corrected chi connectivity index (χ2v) is 7.17. The van der Waals surface area contributed by atoms with Crippen molar-refractivity contribution in [3.05, 3.63) is 21.9 Å². The summed E-state index contributed by atoms with van der Waals surface area (Å²) < 4.78 is 6.20. The first kappa shape index (κ1) is 12.0. The smallest absolute Gasteiger partial charge is 0.0967 e. The zero-order chi connectivity index (χ0) is 11.7. The van der Waals surface area contributed by atoms with Crippen molar-refractivity contribution in [2.75, 3.05) is 24.7 Å². The Hall–Kier alpha value is -0.0300. The zero-order valence-corrected chi connectivity index (χ0v) is 11.8. The van der Waals surface area contributed by atoms with E-state index in [4.69, 9.17) is 4.74 Å². The van der Waals surface area contributed by atoms with E-state index >= 15 is 0 Å². The lowest BCUT2D eigenvalue weighted by Gasteiger charge is -2.46. The number of aryl methyl sites for hydroxylation is 1. The van der Waals surface area contributed by atoms with Crippen LogP contribution in [0.4, 0.5) is 0 Å². The predicted molar refractivity (Wildman–Crippen MR) is 75.0 cm³/mol. The summed E-state index contributed by atoms with van der Waals surface area (Å²) in [5, 5.41) is 5.97. The zero-order valence-electron chi connectivity index (χ0n) is 10.2. The number of ether oxygens (including phenoxy) is 1. The van der Waals surface area contributed by atoms with E-state index in [2.05, 4.69) is 23.7 Å². The van der Waals surface area contributed by atoms with Crippen molar-refractivity contribution in [1.29, 1.82) is 0 Å². The lowest BCUT2D eigenvalue weighted by Crippen LogP contribution is -2.54. The third-order valence-corrected chi connectivity index (χ3v) is 5.84. The van der Waals surface area contributed by atoms with Gasteiger partial charge >= 0.3 is 0 Å². The highest BCUT2D eigenvalue weighted by molar-refractivity contribution is 7.99. The first-order chi connectivity index (χ1) is 8.30. The summed E-state index contributed by atoms with van der Waals surface area (Å²) in [5.41, 5.74) is 1.48. The van der Waals surface area contributed by atoms with E-state index in [-0.39, 0.29) is 5.60 Å². The Morgan fingerprint density at radius 3 is 3.18 bits per heavy atom. The highest BCUT2D eigenvalue weighted by atomic mass is 32.2. The molecule has 1 spiro atoms. The van der Waals surface area contributed by atoms with Crippen molar-refractivity contribution in [2.24, 2.45) is 0 Å². The molecule has 2 aliphatic rings. The fraction of sp³-hybridized carbons (Fsp3) is 0.692. The van der Waals surface area contributed by atoms with Crippen LogP contribution in [0.1, 0.15) is 29.3 Å². The maximum absolute atomic E-state index is 6.20. The van der Waals surface area contributed by atoms with Crippen LogP contribution in [-0.2, 0) is 4.74 Å². The quantitative estimate of drug-likeness (QED) is 0.847. The summed E-state index contributed by atoms with van der Waals surface area (Å²) in [6.45, 7) is 4.02. The molecule has 0 aromatic carbocycles. The van der Waals surface area contributed by atoms with Crippen LogP contribution in [0, 0.1) is 6.92 Å². The Balaban J connectivity index is 1.89. The van der Waals surface area contributed by atoms with E-state index in [9.17, 15) is 0 Å². The fourth-order valence-electron chi connectivity index (χ4n) is 2.90. The van der Waals surface area contributed by atoms with Gasteiger partial charge < -0.3 is 10.1 Å². The van der Waals surface area contributed by atoms with Gasteiger partial charge in [0.2, 0.25) is 0 Å². The maximum atomic E-state index is 6.20. The normalized spacial score (nSPS) is 34.1. The Bertz CT molecular complexity index is 376. The van der Waals surface area contributed by atoms with Gasteiger partial charge in [-0.2, -0.15) is 11.8 Å². The van der Waals surface area contributed by atoms with Gasteiger partial charge in [0.25, 0.3) is 0 Å². The minimum atomic E-state index is 0.0503. The van der Waals surface area contributed by atoms with Gasteiger partial charge in [-0.1, -0.05) is 0 Å². The second-order valence-electron chi connectivity index (χ2n) is 4.95. The molecule has 4 heteroatoms. The molecule has 1 aromatic heterocycles.